The fourth-order valence-corrected chi connectivity index (χ4v) is 14.4. The molecule has 0 rings (SSSR count). The molecule has 0 radical (unpaired) electrons. The standard InChI is InChI=1S/C83H162O17P2/c1-8-9-10-11-12-33-43-50-57-64-80(85)93-70-78(99-83(88)67-60-53-46-39-32-26-25-29-36-42-49-56-63-76(6)7)72-97-101(89,90)95-68-77(84)69-96-102(91,92)98-73-79(71-94-81(86)65-58-51-44-37-30-23-20-19-22-28-35-41-48-55-62-75(4)5)100-82(87)66-59-52-45-38-31-24-18-16-14-13-15-17-21-27-34-40-47-54-61-74(2)3/h74-79,84H,8-73H2,1-7H3,(H,89,90)(H,91,92)/t77-,78+,79+/m0/s1. The number of aliphatic hydroxyl groups is 1. The Bertz CT molecular complexity index is 1970. The van der Waals surface area contributed by atoms with Crippen molar-refractivity contribution in [2.75, 3.05) is 39.6 Å². The van der Waals surface area contributed by atoms with Crippen molar-refractivity contribution in [1.82, 2.24) is 0 Å². The highest BCUT2D eigenvalue weighted by Gasteiger charge is 2.30. The van der Waals surface area contributed by atoms with E-state index in [9.17, 15) is 43.2 Å². The van der Waals surface area contributed by atoms with E-state index in [4.69, 9.17) is 37.0 Å². The molecule has 0 aromatic rings. The SMILES string of the molecule is CCCCCCCCCCCC(=O)OC[C@H](COP(=O)(O)OC[C@H](O)COP(=O)(O)OC[C@@H](COC(=O)CCCCCCCCCCCCCCCCC(C)C)OC(=O)CCCCCCCCCCCCCCCCCCCCC(C)C)OC(=O)CCCCCCCCCCCCCCC(C)C. The number of ether oxygens (including phenoxy) is 4. The lowest BCUT2D eigenvalue weighted by molar-refractivity contribution is -0.161. The maximum atomic E-state index is 13.1. The molecular weight excluding hydrogens is 1330 g/mol. The first-order chi connectivity index (χ1) is 49.2. The van der Waals surface area contributed by atoms with Crippen molar-refractivity contribution >= 4 is 39.5 Å². The van der Waals surface area contributed by atoms with Gasteiger partial charge in [-0.25, -0.2) is 9.13 Å². The van der Waals surface area contributed by atoms with Crippen molar-refractivity contribution in [2.45, 2.75) is 452 Å². The number of phosphoric ester groups is 2. The maximum Gasteiger partial charge on any atom is 0.472 e. The highest BCUT2D eigenvalue weighted by Crippen LogP contribution is 2.45. The molecule has 102 heavy (non-hydrogen) atoms. The minimum atomic E-state index is -4.96. The fraction of sp³-hybridized carbons (Fsp3) is 0.952. The Morgan fingerprint density at radius 2 is 0.451 bits per heavy atom. The molecular formula is C83H162O17P2. The van der Waals surface area contributed by atoms with Crippen molar-refractivity contribution in [2.24, 2.45) is 17.8 Å². The van der Waals surface area contributed by atoms with Gasteiger partial charge in [0.05, 0.1) is 26.4 Å². The quantitative estimate of drug-likeness (QED) is 0.0222. The third kappa shape index (κ3) is 76.3. The number of carbonyl (C=O) groups excluding carboxylic acids is 4. The van der Waals surface area contributed by atoms with E-state index in [0.717, 1.165) is 108 Å². The van der Waals surface area contributed by atoms with Crippen LogP contribution >= 0.6 is 15.6 Å². The Kier molecular flexibility index (Phi) is 71.8. The molecule has 3 N–H and O–H groups in total. The zero-order valence-electron chi connectivity index (χ0n) is 67.1. The van der Waals surface area contributed by atoms with Crippen LogP contribution in [0.3, 0.4) is 0 Å². The zero-order chi connectivity index (χ0) is 75.1. The molecule has 5 atom stereocenters. The largest absolute Gasteiger partial charge is 0.472 e. The molecule has 0 aromatic carbocycles. The van der Waals surface area contributed by atoms with Crippen LogP contribution in [0.2, 0.25) is 0 Å². The Labute approximate surface area is 626 Å². The lowest BCUT2D eigenvalue weighted by atomic mass is 10.0. The predicted octanol–water partition coefficient (Wildman–Crippen LogP) is 24.9. The van der Waals surface area contributed by atoms with Crippen LogP contribution < -0.4 is 0 Å². The normalized spacial score (nSPS) is 13.9. The highest BCUT2D eigenvalue weighted by molar-refractivity contribution is 7.47. The highest BCUT2D eigenvalue weighted by atomic mass is 31.2. The van der Waals surface area contributed by atoms with E-state index in [1.165, 1.54) is 244 Å². The van der Waals surface area contributed by atoms with Crippen LogP contribution in [0.25, 0.3) is 0 Å². The molecule has 0 aliphatic heterocycles. The number of hydrogen-bond acceptors (Lipinski definition) is 15. The van der Waals surface area contributed by atoms with E-state index in [2.05, 4.69) is 48.5 Å². The van der Waals surface area contributed by atoms with Crippen molar-refractivity contribution in [3.8, 4) is 0 Å². The first-order valence-electron chi connectivity index (χ1n) is 42.8. The van der Waals surface area contributed by atoms with Crippen LogP contribution in [-0.4, -0.2) is 96.7 Å². The molecule has 19 heteroatoms. The van der Waals surface area contributed by atoms with Gasteiger partial charge in [-0.3, -0.25) is 37.3 Å². The number of phosphoric acid groups is 2. The van der Waals surface area contributed by atoms with E-state index < -0.39 is 97.5 Å². The Morgan fingerprint density at radius 3 is 0.667 bits per heavy atom. The van der Waals surface area contributed by atoms with Gasteiger partial charge in [-0.2, -0.15) is 0 Å². The lowest BCUT2D eigenvalue weighted by Crippen LogP contribution is -2.30. The summed E-state index contributed by atoms with van der Waals surface area (Å²) in [6.45, 7) is 12.0. The number of carbonyl (C=O) groups is 4. The predicted molar refractivity (Wildman–Crippen MR) is 418 cm³/mol. The maximum absolute atomic E-state index is 13.1. The van der Waals surface area contributed by atoms with E-state index in [1.54, 1.807) is 0 Å². The lowest BCUT2D eigenvalue weighted by Gasteiger charge is -2.21. The first-order valence-corrected chi connectivity index (χ1v) is 45.8. The van der Waals surface area contributed by atoms with Crippen LogP contribution in [0.1, 0.15) is 434 Å². The van der Waals surface area contributed by atoms with Crippen LogP contribution in [0.4, 0.5) is 0 Å². The van der Waals surface area contributed by atoms with Gasteiger partial charge in [0.15, 0.2) is 12.2 Å². The molecule has 0 aliphatic carbocycles. The van der Waals surface area contributed by atoms with Gasteiger partial charge in [0.1, 0.15) is 19.3 Å². The van der Waals surface area contributed by atoms with Crippen LogP contribution in [-0.2, 0) is 65.4 Å². The van der Waals surface area contributed by atoms with E-state index in [-0.39, 0.29) is 25.7 Å². The van der Waals surface area contributed by atoms with Gasteiger partial charge in [-0.1, -0.05) is 382 Å². The summed E-state index contributed by atoms with van der Waals surface area (Å²) in [6, 6.07) is 0. The zero-order valence-corrected chi connectivity index (χ0v) is 68.9. The molecule has 606 valence electrons. The summed E-state index contributed by atoms with van der Waals surface area (Å²) < 4.78 is 68.7. The monoisotopic (exact) mass is 1490 g/mol. The Morgan fingerprint density at radius 1 is 0.265 bits per heavy atom. The summed E-state index contributed by atoms with van der Waals surface area (Å²) in [4.78, 5) is 73.0. The van der Waals surface area contributed by atoms with Gasteiger partial charge in [0.25, 0.3) is 0 Å². The number of rotatable bonds is 81. The third-order valence-corrected chi connectivity index (χ3v) is 21.3. The Hall–Kier alpha value is -1.94. The van der Waals surface area contributed by atoms with Crippen LogP contribution in [0.5, 0.6) is 0 Å². The summed E-state index contributed by atoms with van der Waals surface area (Å²) >= 11 is 0. The fourth-order valence-electron chi connectivity index (χ4n) is 12.8. The summed E-state index contributed by atoms with van der Waals surface area (Å²) in [5, 5.41) is 10.6. The molecule has 0 spiro atoms. The molecule has 2 unspecified atom stereocenters. The molecule has 17 nitrogen and oxygen atoms in total. The summed E-state index contributed by atoms with van der Waals surface area (Å²) in [5.74, 6) is 0.287. The van der Waals surface area contributed by atoms with E-state index >= 15 is 0 Å². The number of aliphatic hydroxyl groups excluding tert-OH is 1. The second-order valence-electron chi connectivity index (χ2n) is 31.3. The smallest absolute Gasteiger partial charge is 0.462 e. The van der Waals surface area contributed by atoms with Gasteiger partial charge in [-0.15, -0.1) is 0 Å². The minimum Gasteiger partial charge on any atom is -0.462 e. The molecule has 0 fully saturated rings. The average Bonchev–Trinajstić information content (AvgIpc) is 0.916. The second kappa shape index (κ2) is 73.2. The van der Waals surface area contributed by atoms with Crippen molar-refractivity contribution < 1.29 is 80.2 Å². The van der Waals surface area contributed by atoms with Gasteiger partial charge >= 0.3 is 39.5 Å². The number of hydrogen-bond donors (Lipinski definition) is 3. The average molecular weight is 1490 g/mol. The van der Waals surface area contributed by atoms with Crippen molar-refractivity contribution in [1.29, 1.82) is 0 Å². The molecule has 0 aliphatic rings. The van der Waals surface area contributed by atoms with Crippen molar-refractivity contribution in [3.63, 3.8) is 0 Å². The van der Waals surface area contributed by atoms with Gasteiger partial charge in [-0.05, 0) is 43.4 Å². The van der Waals surface area contributed by atoms with Crippen LogP contribution in [0, 0.1) is 17.8 Å². The molecule has 0 saturated heterocycles. The topological polar surface area (TPSA) is 237 Å². The van der Waals surface area contributed by atoms with Gasteiger partial charge in [0, 0.05) is 25.7 Å². The molecule has 0 bridgehead atoms. The van der Waals surface area contributed by atoms with Gasteiger partial charge in [0.2, 0.25) is 0 Å². The molecule has 0 amide bonds. The summed E-state index contributed by atoms with van der Waals surface area (Å²) in [5.41, 5.74) is 0. The number of esters is 4. The molecule has 0 heterocycles. The van der Waals surface area contributed by atoms with E-state index in [0.29, 0.717) is 25.7 Å². The third-order valence-electron chi connectivity index (χ3n) is 19.4. The minimum absolute atomic E-state index is 0.107. The van der Waals surface area contributed by atoms with Crippen LogP contribution in [0.15, 0.2) is 0 Å². The summed E-state index contributed by atoms with van der Waals surface area (Å²) in [7, 11) is -9.92. The van der Waals surface area contributed by atoms with Crippen molar-refractivity contribution in [3.05, 3.63) is 0 Å². The van der Waals surface area contributed by atoms with Gasteiger partial charge < -0.3 is 33.8 Å². The summed E-state index contributed by atoms with van der Waals surface area (Å²) in [6.07, 6.45) is 62.5. The molecule has 0 saturated carbocycles. The number of unbranched alkanes of at least 4 members (excludes halogenated alkanes) is 49. The molecule has 0 aromatic heterocycles. The first kappa shape index (κ1) is 100. The van der Waals surface area contributed by atoms with E-state index in [1.807, 2.05) is 0 Å². The Balaban J connectivity index is 5.21. The second-order valence-corrected chi connectivity index (χ2v) is 34.2.